The molecule has 1 aromatic heterocycles. The van der Waals surface area contributed by atoms with Crippen molar-refractivity contribution in [2.45, 2.75) is 24.8 Å². The second kappa shape index (κ2) is 12.2. The monoisotopic (exact) mass is 566 g/mol. The highest BCUT2D eigenvalue weighted by atomic mass is 32.2. The second-order valence-electron chi connectivity index (χ2n) is 9.69. The van der Waals surface area contributed by atoms with Crippen LogP contribution in [0.1, 0.15) is 18.1 Å². The lowest BCUT2D eigenvalue weighted by Crippen LogP contribution is -2.46. The molecule has 1 unspecified atom stereocenters. The number of sulfonamides is 1. The molecule has 5 rings (SSSR count). The van der Waals surface area contributed by atoms with E-state index in [1.54, 1.807) is 53.5 Å². The third-order valence-electron chi connectivity index (χ3n) is 6.84. The molecule has 0 radical (unpaired) electrons. The number of hydrogen-bond acceptors (Lipinski definition) is 5. The minimum absolute atomic E-state index is 0.0178. The summed E-state index contributed by atoms with van der Waals surface area (Å²) in [6, 6.07) is 30.8. The number of benzene rings is 4. The third kappa shape index (κ3) is 6.53. The summed E-state index contributed by atoms with van der Waals surface area (Å²) in [4.78, 5) is 28.9. The number of rotatable bonds is 10. The Labute approximate surface area is 239 Å². The van der Waals surface area contributed by atoms with Gasteiger partial charge in [-0.3, -0.25) is 14.3 Å². The van der Waals surface area contributed by atoms with Gasteiger partial charge in [0.2, 0.25) is 11.8 Å². The van der Waals surface area contributed by atoms with Crippen molar-refractivity contribution in [2.24, 2.45) is 5.92 Å². The Balaban J connectivity index is 1.43. The smallest absolute Gasteiger partial charge is 0.264 e. The zero-order chi connectivity index (χ0) is 28.8. The number of nitrogens with zero attached hydrogens (tertiary/aromatic N) is 3. The van der Waals surface area contributed by atoms with Crippen LogP contribution >= 0.6 is 0 Å². The van der Waals surface area contributed by atoms with Crippen LogP contribution in [0.25, 0.3) is 10.8 Å². The zero-order valence-electron chi connectivity index (χ0n) is 22.6. The Kier molecular flexibility index (Phi) is 8.26. The molecule has 0 bridgehead atoms. The van der Waals surface area contributed by atoms with Gasteiger partial charge in [0.15, 0.2) is 0 Å². The molecule has 0 fully saturated rings. The van der Waals surface area contributed by atoms with Crippen molar-refractivity contribution in [1.29, 1.82) is 0 Å². The predicted molar refractivity (Wildman–Crippen MR) is 159 cm³/mol. The number of aromatic nitrogens is 2. The molecule has 8 nitrogen and oxygen atoms in total. The summed E-state index contributed by atoms with van der Waals surface area (Å²) in [6.45, 7) is 2.63. The third-order valence-corrected chi connectivity index (χ3v) is 8.19. The molecule has 2 amide bonds. The molecule has 0 aliphatic rings. The Morgan fingerprint density at radius 1 is 0.854 bits per heavy atom. The zero-order valence-corrected chi connectivity index (χ0v) is 23.4. The van der Waals surface area contributed by atoms with Gasteiger partial charge in [0, 0.05) is 18.4 Å². The van der Waals surface area contributed by atoms with Crippen molar-refractivity contribution in [3.05, 3.63) is 127 Å². The molecule has 41 heavy (non-hydrogen) atoms. The standard InChI is InChI=1S/C32H30N4O4S/c1-2-36(28-15-7-4-8-16-28)32(38)30(19-25-21-33-35(23-25)22-24-11-5-3-6-12-24)31(37)34-41(39,40)29-18-17-26-13-9-10-14-27(26)20-29/h3-18,20-21,23,30H,2,19,22H2,1H3,(H,34,37). The van der Waals surface area contributed by atoms with Gasteiger partial charge in [0.05, 0.1) is 17.6 Å². The number of anilines is 1. The molecule has 5 aromatic rings. The van der Waals surface area contributed by atoms with Crippen molar-refractivity contribution in [3.8, 4) is 0 Å². The summed E-state index contributed by atoms with van der Waals surface area (Å²) in [6.07, 6.45) is 3.36. The predicted octanol–water partition coefficient (Wildman–Crippen LogP) is 4.80. The van der Waals surface area contributed by atoms with Gasteiger partial charge in [-0.05, 0) is 59.5 Å². The Morgan fingerprint density at radius 3 is 2.22 bits per heavy atom. The lowest BCUT2D eigenvalue weighted by molar-refractivity contribution is -0.132. The van der Waals surface area contributed by atoms with Gasteiger partial charge in [-0.25, -0.2) is 13.1 Å². The van der Waals surface area contributed by atoms with Crippen molar-refractivity contribution >= 4 is 38.3 Å². The van der Waals surface area contributed by atoms with E-state index >= 15 is 0 Å². The number of carbonyl (C=O) groups is 2. The largest absolute Gasteiger partial charge is 0.312 e. The van der Waals surface area contributed by atoms with Crippen LogP contribution in [0, 0.1) is 5.92 Å². The van der Waals surface area contributed by atoms with Crippen LogP contribution in [0.3, 0.4) is 0 Å². The summed E-state index contributed by atoms with van der Waals surface area (Å²) in [5.74, 6) is -2.70. The first-order chi connectivity index (χ1) is 19.8. The fourth-order valence-corrected chi connectivity index (χ4v) is 5.81. The minimum Gasteiger partial charge on any atom is -0.312 e. The molecule has 0 saturated carbocycles. The lowest BCUT2D eigenvalue weighted by Gasteiger charge is -2.26. The number of nitrogens with one attached hydrogen (secondary N) is 1. The Hall–Kier alpha value is -4.76. The number of hydrogen-bond donors (Lipinski definition) is 1. The van der Waals surface area contributed by atoms with Crippen LogP contribution in [-0.2, 0) is 32.6 Å². The topological polar surface area (TPSA) is 101 Å². The van der Waals surface area contributed by atoms with Crippen molar-refractivity contribution in [3.63, 3.8) is 0 Å². The van der Waals surface area contributed by atoms with Crippen LogP contribution in [-0.4, -0.2) is 36.6 Å². The number of fused-ring (bicyclic) bond motifs is 1. The fourth-order valence-electron chi connectivity index (χ4n) is 4.76. The quantitative estimate of drug-likeness (QED) is 0.245. The van der Waals surface area contributed by atoms with E-state index in [1.807, 2.05) is 61.5 Å². The normalized spacial score (nSPS) is 12.1. The van der Waals surface area contributed by atoms with Crippen LogP contribution in [0.5, 0.6) is 0 Å². The SMILES string of the molecule is CCN(C(=O)C(Cc1cnn(Cc2ccccc2)c1)C(=O)NS(=O)(=O)c1ccc2ccccc2c1)c1ccccc1. The summed E-state index contributed by atoms with van der Waals surface area (Å²) in [7, 11) is -4.25. The number of carbonyl (C=O) groups excluding carboxylic acids is 2. The second-order valence-corrected chi connectivity index (χ2v) is 11.4. The molecule has 4 aromatic carbocycles. The minimum atomic E-state index is -4.25. The average molecular weight is 567 g/mol. The van der Waals surface area contributed by atoms with E-state index in [9.17, 15) is 18.0 Å². The molecule has 1 atom stereocenters. The van der Waals surface area contributed by atoms with E-state index in [2.05, 4.69) is 9.82 Å². The molecule has 0 aliphatic heterocycles. The first kappa shape index (κ1) is 27.8. The molecule has 1 heterocycles. The van der Waals surface area contributed by atoms with Gasteiger partial charge < -0.3 is 4.90 Å². The van der Waals surface area contributed by atoms with Crippen molar-refractivity contribution < 1.29 is 18.0 Å². The van der Waals surface area contributed by atoms with Gasteiger partial charge in [0.1, 0.15) is 5.92 Å². The highest BCUT2D eigenvalue weighted by Crippen LogP contribution is 2.22. The van der Waals surface area contributed by atoms with E-state index < -0.39 is 27.8 Å². The Morgan fingerprint density at radius 2 is 1.51 bits per heavy atom. The summed E-state index contributed by atoms with van der Waals surface area (Å²) < 4.78 is 30.5. The summed E-state index contributed by atoms with van der Waals surface area (Å²) in [5.41, 5.74) is 2.31. The van der Waals surface area contributed by atoms with Crippen LogP contribution in [0.2, 0.25) is 0 Å². The Bertz CT molecular complexity index is 1770. The highest BCUT2D eigenvalue weighted by Gasteiger charge is 2.34. The molecule has 1 N–H and O–H groups in total. The van der Waals surface area contributed by atoms with Crippen LogP contribution in [0.15, 0.2) is 120 Å². The van der Waals surface area contributed by atoms with E-state index in [4.69, 9.17) is 0 Å². The summed E-state index contributed by atoms with van der Waals surface area (Å²) in [5, 5.41) is 6.00. The van der Waals surface area contributed by atoms with Crippen molar-refractivity contribution in [1.82, 2.24) is 14.5 Å². The molecule has 0 saturated heterocycles. The molecule has 208 valence electrons. The van der Waals surface area contributed by atoms with E-state index in [0.717, 1.165) is 16.3 Å². The maximum absolute atomic E-state index is 13.9. The van der Waals surface area contributed by atoms with Crippen molar-refractivity contribution in [2.75, 3.05) is 11.4 Å². The molecule has 0 aliphatic carbocycles. The van der Waals surface area contributed by atoms with Crippen LogP contribution < -0.4 is 9.62 Å². The summed E-state index contributed by atoms with van der Waals surface area (Å²) >= 11 is 0. The van der Waals surface area contributed by atoms with Gasteiger partial charge >= 0.3 is 0 Å². The molecule has 0 spiro atoms. The van der Waals surface area contributed by atoms with Gasteiger partial charge in [-0.1, -0.05) is 78.9 Å². The number of para-hydroxylation sites is 1. The van der Waals surface area contributed by atoms with Gasteiger partial charge in [-0.2, -0.15) is 5.10 Å². The lowest BCUT2D eigenvalue weighted by atomic mass is 9.99. The number of amides is 2. The average Bonchev–Trinajstić information content (AvgIpc) is 3.43. The maximum atomic E-state index is 13.9. The first-order valence-electron chi connectivity index (χ1n) is 13.3. The molecular weight excluding hydrogens is 536 g/mol. The molecular formula is C32H30N4O4S. The van der Waals surface area contributed by atoms with Gasteiger partial charge in [-0.15, -0.1) is 0 Å². The maximum Gasteiger partial charge on any atom is 0.264 e. The first-order valence-corrected chi connectivity index (χ1v) is 14.8. The molecule has 9 heteroatoms. The van der Waals surface area contributed by atoms with E-state index in [1.165, 1.54) is 17.0 Å². The van der Waals surface area contributed by atoms with Gasteiger partial charge in [0.25, 0.3) is 10.0 Å². The van der Waals surface area contributed by atoms with E-state index in [0.29, 0.717) is 24.3 Å². The van der Waals surface area contributed by atoms with E-state index in [-0.39, 0.29) is 11.3 Å². The highest BCUT2D eigenvalue weighted by molar-refractivity contribution is 7.90. The fraction of sp³-hybridized carbons (Fsp3) is 0.156. The van der Waals surface area contributed by atoms with Crippen LogP contribution in [0.4, 0.5) is 5.69 Å².